The molecule has 2 aliphatic rings. The lowest BCUT2D eigenvalue weighted by molar-refractivity contribution is -0.116. The highest BCUT2D eigenvalue weighted by atomic mass is 35.5. The van der Waals surface area contributed by atoms with Gasteiger partial charge in [0.05, 0.1) is 26.9 Å². The molecule has 2 aliphatic carbocycles. The van der Waals surface area contributed by atoms with Crippen LogP contribution in [0.2, 0.25) is 15.1 Å². The van der Waals surface area contributed by atoms with Crippen LogP contribution in [0.3, 0.4) is 0 Å². The first-order valence-electron chi connectivity index (χ1n) is 12.5. The zero-order chi connectivity index (χ0) is 27.0. The van der Waals surface area contributed by atoms with E-state index in [4.69, 9.17) is 45.3 Å². The van der Waals surface area contributed by atoms with Crippen LogP contribution in [0.4, 0.5) is 0 Å². The Labute approximate surface area is 236 Å². The Bertz CT molecular complexity index is 1440. The Morgan fingerprint density at radius 1 is 0.921 bits per heavy atom. The van der Waals surface area contributed by atoms with E-state index in [1.54, 1.807) is 36.4 Å². The summed E-state index contributed by atoms with van der Waals surface area (Å²) in [6.07, 6.45) is 4.10. The SMILES string of the molecule is NC(=C(COc1ccc(C2CCc3cc(C(=O)O)ccc3C2)c(Cl)c1)C(=O)C1CC1)c1c(Cl)cccc1Cl. The van der Waals surface area contributed by atoms with E-state index < -0.39 is 5.97 Å². The summed E-state index contributed by atoms with van der Waals surface area (Å²) in [7, 11) is 0. The molecule has 0 amide bonds. The number of carboxylic acid groups (broad SMARTS) is 1. The third-order valence-corrected chi connectivity index (χ3v) is 8.24. The molecule has 1 saturated carbocycles. The Hall–Kier alpha value is -2.99. The Morgan fingerprint density at radius 2 is 1.66 bits per heavy atom. The minimum Gasteiger partial charge on any atom is -0.489 e. The molecular weight excluding hydrogens is 545 g/mol. The van der Waals surface area contributed by atoms with Crippen LogP contribution in [0.5, 0.6) is 5.75 Å². The monoisotopic (exact) mass is 569 g/mol. The zero-order valence-corrected chi connectivity index (χ0v) is 22.7. The highest BCUT2D eigenvalue weighted by Crippen LogP contribution is 2.39. The molecule has 1 unspecified atom stereocenters. The van der Waals surface area contributed by atoms with Gasteiger partial charge in [0, 0.05) is 16.5 Å². The molecule has 1 atom stereocenters. The molecule has 1 fully saturated rings. The maximum atomic E-state index is 13.1. The second kappa shape index (κ2) is 11.0. The number of aromatic carboxylic acids is 1. The number of ether oxygens (including phenoxy) is 1. The van der Waals surface area contributed by atoms with Crippen LogP contribution in [0.15, 0.2) is 60.2 Å². The molecule has 5 nitrogen and oxygen atoms in total. The van der Waals surface area contributed by atoms with Crippen molar-refractivity contribution < 1.29 is 19.4 Å². The van der Waals surface area contributed by atoms with Crippen molar-refractivity contribution in [3.63, 3.8) is 0 Å². The molecular formula is C30H26Cl3NO4. The number of Topliss-reactive ketones (excluding diaryl/α,β-unsaturated/α-hetero) is 1. The smallest absolute Gasteiger partial charge is 0.335 e. The largest absolute Gasteiger partial charge is 0.489 e. The van der Waals surface area contributed by atoms with Crippen molar-refractivity contribution in [3.8, 4) is 5.75 Å². The topological polar surface area (TPSA) is 89.6 Å². The van der Waals surface area contributed by atoms with E-state index in [0.717, 1.165) is 48.8 Å². The van der Waals surface area contributed by atoms with Gasteiger partial charge in [0.15, 0.2) is 5.78 Å². The molecule has 0 saturated heterocycles. The number of carbonyl (C=O) groups excluding carboxylic acids is 1. The first-order chi connectivity index (χ1) is 18.2. The molecule has 3 aromatic carbocycles. The lowest BCUT2D eigenvalue weighted by atomic mass is 9.79. The lowest BCUT2D eigenvalue weighted by Gasteiger charge is -2.26. The predicted octanol–water partition coefficient (Wildman–Crippen LogP) is 7.35. The number of benzene rings is 3. The average Bonchev–Trinajstić information content (AvgIpc) is 3.74. The van der Waals surface area contributed by atoms with Gasteiger partial charge in [0.1, 0.15) is 12.4 Å². The molecule has 8 heteroatoms. The van der Waals surface area contributed by atoms with Crippen LogP contribution in [-0.4, -0.2) is 23.5 Å². The number of aryl methyl sites for hydroxylation is 1. The number of hydrogen-bond acceptors (Lipinski definition) is 4. The second-order valence-electron chi connectivity index (χ2n) is 9.83. The van der Waals surface area contributed by atoms with E-state index >= 15 is 0 Å². The van der Waals surface area contributed by atoms with Gasteiger partial charge in [-0.05, 0) is 91.1 Å². The molecule has 0 aliphatic heterocycles. The fourth-order valence-corrected chi connectivity index (χ4v) is 5.94. The van der Waals surface area contributed by atoms with Gasteiger partial charge in [-0.2, -0.15) is 0 Å². The van der Waals surface area contributed by atoms with Crippen LogP contribution in [0.25, 0.3) is 5.70 Å². The van der Waals surface area contributed by atoms with Crippen molar-refractivity contribution in [1.29, 1.82) is 0 Å². The summed E-state index contributed by atoms with van der Waals surface area (Å²) in [5.74, 6) is -0.278. The molecule has 0 aromatic heterocycles. The maximum absolute atomic E-state index is 13.1. The summed E-state index contributed by atoms with van der Waals surface area (Å²) >= 11 is 19.4. The van der Waals surface area contributed by atoms with Crippen LogP contribution < -0.4 is 10.5 Å². The highest BCUT2D eigenvalue weighted by molar-refractivity contribution is 6.37. The van der Waals surface area contributed by atoms with Gasteiger partial charge in [-0.15, -0.1) is 0 Å². The number of carbonyl (C=O) groups is 2. The molecule has 3 aromatic rings. The van der Waals surface area contributed by atoms with Gasteiger partial charge < -0.3 is 15.6 Å². The minimum atomic E-state index is -0.915. The molecule has 0 radical (unpaired) electrons. The van der Waals surface area contributed by atoms with Gasteiger partial charge in [-0.3, -0.25) is 4.79 Å². The fourth-order valence-electron chi connectivity index (χ4n) is 5.02. The van der Waals surface area contributed by atoms with Gasteiger partial charge in [0.2, 0.25) is 0 Å². The van der Waals surface area contributed by atoms with E-state index in [-0.39, 0.29) is 29.9 Å². The van der Waals surface area contributed by atoms with E-state index in [1.807, 2.05) is 18.2 Å². The van der Waals surface area contributed by atoms with Gasteiger partial charge in [-0.1, -0.05) is 53.0 Å². The number of halogens is 3. The zero-order valence-electron chi connectivity index (χ0n) is 20.5. The van der Waals surface area contributed by atoms with Crippen molar-refractivity contribution in [2.24, 2.45) is 11.7 Å². The van der Waals surface area contributed by atoms with Gasteiger partial charge in [-0.25, -0.2) is 4.79 Å². The quantitative estimate of drug-likeness (QED) is 0.277. The average molecular weight is 571 g/mol. The third-order valence-electron chi connectivity index (χ3n) is 7.28. The van der Waals surface area contributed by atoms with Crippen molar-refractivity contribution >= 4 is 52.3 Å². The van der Waals surface area contributed by atoms with E-state index in [1.165, 1.54) is 0 Å². The molecule has 196 valence electrons. The van der Waals surface area contributed by atoms with Gasteiger partial charge in [0.25, 0.3) is 0 Å². The Kier molecular flexibility index (Phi) is 7.71. The molecule has 0 heterocycles. The van der Waals surface area contributed by atoms with Crippen LogP contribution in [0.1, 0.15) is 57.8 Å². The Balaban J connectivity index is 1.34. The van der Waals surface area contributed by atoms with E-state index in [2.05, 4.69) is 0 Å². The summed E-state index contributed by atoms with van der Waals surface area (Å²) < 4.78 is 6.02. The standard InChI is InChI=1S/C30H26Cl3NO4/c31-24-2-1-3-25(32)27(24)28(34)23(29(35)16-4-5-16)15-38-21-10-11-22(26(33)14-21)19-8-6-18-13-20(30(36)37)9-7-17(18)12-19/h1-3,7,9-11,13-14,16,19H,4-6,8,12,15,34H2,(H,36,37). The van der Waals surface area contributed by atoms with Crippen molar-refractivity contribution in [2.45, 2.75) is 38.0 Å². The minimum absolute atomic E-state index is 0.0267. The Morgan fingerprint density at radius 3 is 2.32 bits per heavy atom. The molecule has 38 heavy (non-hydrogen) atoms. The van der Waals surface area contributed by atoms with E-state index in [0.29, 0.717) is 37.5 Å². The second-order valence-corrected chi connectivity index (χ2v) is 11.0. The maximum Gasteiger partial charge on any atom is 0.335 e. The predicted molar refractivity (Wildman–Crippen MR) is 150 cm³/mol. The van der Waals surface area contributed by atoms with Crippen molar-refractivity contribution in [3.05, 3.63) is 103 Å². The highest BCUT2D eigenvalue weighted by Gasteiger charge is 2.34. The summed E-state index contributed by atoms with van der Waals surface area (Å²) in [6, 6.07) is 16.0. The number of rotatable bonds is 8. The van der Waals surface area contributed by atoms with Gasteiger partial charge >= 0.3 is 5.97 Å². The first kappa shape index (κ1) is 26.6. The molecule has 0 bridgehead atoms. The molecule has 5 rings (SSSR count). The summed E-state index contributed by atoms with van der Waals surface area (Å²) in [4.78, 5) is 24.4. The molecule has 0 spiro atoms. The van der Waals surface area contributed by atoms with Crippen molar-refractivity contribution in [1.82, 2.24) is 0 Å². The fraction of sp³-hybridized carbons (Fsp3) is 0.267. The summed E-state index contributed by atoms with van der Waals surface area (Å²) in [5, 5.41) is 10.6. The third kappa shape index (κ3) is 5.56. The van der Waals surface area contributed by atoms with E-state index in [9.17, 15) is 14.7 Å². The van der Waals surface area contributed by atoms with Crippen molar-refractivity contribution in [2.75, 3.05) is 6.61 Å². The first-order valence-corrected chi connectivity index (χ1v) is 13.6. The van der Waals surface area contributed by atoms with Crippen LogP contribution in [0, 0.1) is 5.92 Å². The molecule has 3 N–H and O–H groups in total. The lowest BCUT2D eigenvalue weighted by Crippen LogP contribution is -2.19. The number of nitrogens with two attached hydrogens (primary N) is 1. The normalized spacial score (nSPS) is 17.4. The number of ketones is 1. The number of fused-ring (bicyclic) bond motifs is 1. The summed E-state index contributed by atoms with van der Waals surface area (Å²) in [5.41, 5.74) is 11.0. The van der Waals surface area contributed by atoms with Crippen LogP contribution in [-0.2, 0) is 17.6 Å². The number of carboxylic acids is 1. The van der Waals surface area contributed by atoms with Crippen LogP contribution >= 0.6 is 34.8 Å². The number of hydrogen-bond donors (Lipinski definition) is 2. The summed E-state index contributed by atoms with van der Waals surface area (Å²) in [6.45, 7) is -0.0267.